The molecule has 0 saturated heterocycles. The summed E-state index contributed by atoms with van der Waals surface area (Å²) in [5.41, 5.74) is 3.76. The monoisotopic (exact) mass is 412 g/mol. The smallest absolute Gasteiger partial charge is 0.228 e. The zero-order valence-electron chi connectivity index (χ0n) is 17.4. The van der Waals surface area contributed by atoms with Gasteiger partial charge in [0.15, 0.2) is 17.3 Å². The summed E-state index contributed by atoms with van der Waals surface area (Å²) in [4.78, 5) is 21.9. The molecule has 0 N–H and O–H groups in total. The number of rotatable bonds is 4. The van der Waals surface area contributed by atoms with Crippen LogP contribution in [0.3, 0.4) is 0 Å². The fraction of sp³-hybridized carbons (Fsp3) is 0.167. The zero-order valence-corrected chi connectivity index (χ0v) is 17.4. The van der Waals surface area contributed by atoms with Crippen LogP contribution in [0.15, 0.2) is 72.3 Å². The van der Waals surface area contributed by atoms with Crippen molar-refractivity contribution in [2.45, 2.75) is 19.8 Å². The number of benzene rings is 2. The van der Waals surface area contributed by atoms with E-state index in [-0.39, 0.29) is 11.7 Å². The van der Waals surface area contributed by atoms with E-state index in [2.05, 4.69) is 10.1 Å². The third-order valence-corrected chi connectivity index (χ3v) is 5.45. The Bertz CT molecular complexity index is 1320. The van der Waals surface area contributed by atoms with Gasteiger partial charge in [-0.3, -0.25) is 4.79 Å². The number of ketones is 1. The highest BCUT2D eigenvalue weighted by Gasteiger charge is 2.35. The Morgan fingerprint density at radius 2 is 1.84 bits per heavy atom. The molecule has 1 aliphatic rings. The first kappa shape index (κ1) is 19.0. The molecular formula is C24H20N4O3. The van der Waals surface area contributed by atoms with Crippen molar-refractivity contribution in [2.24, 2.45) is 0 Å². The number of carbonyl (C=O) groups is 1. The van der Waals surface area contributed by atoms with Gasteiger partial charge in [-0.05, 0) is 43.7 Å². The average molecular weight is 412 g/mol. The van der Waals surface area contributed by atoms with Crippen LogP contribution in [0.2, 0.25) is 0 Å². The van der Waals surface area contributed by atoms with Crippen molar-refractivity contribution in [3.8, 4) is 23.0 Å². The third-order valence-electron chi connectivity index (χ3n) is 5.45. The maximum absolute atomic E-state index is 12.6. The first-order chi connectivity index (χ1) is 15.1. The number of Topliss-reactive ketones (excluding diaryl/α,β-unsaturated/α-hetero) is 1. The molecule has 2 aromatic heterocycles. The summed E-state index contributed by atoms with van der Waals surface area (Å²) in [6.07, 6.45) is 1.59. The maximum atomic E-state index is 12.6. The van der Waals surface area contributed by atoms with E-state index in [1.807, 2.05) is 54.6 Å². The lowest BCUT2D eigenvalue weighted by Gasteiger charge is -2.28. The van der Waals surface area contributed by atoms with Gasteiger partial charge in [0.1, 0.15) is 17.8 Å². The quantitative estimate of drug-likeness (QED) is 0.500. The van der Waals surface area contributed by atoms with Crippen LogP contribution in [-0.2, 0) is 4.79 Å². The van der Waals surface area contributed by atoms with E-state index in [0.29, 0.717) is 28.7 Å². The lowest BCUT2D eigenvalue weighted by atomic mass is 9.82. The van der Waals surface area contributed by atoms with E-state index in [4.69, 9.17) is 14.5 Å². The van der Waals surface area contributed by atoms with E-state index >= 15 is 0 Å². The molecule has 0 saturated carbocycles. The Kier molecular flexibility index (Phi) is 4.51. The van der Waals surface area contributed by atoms with Crippen molar-refractivity contribution in [3.63, 3.8) is 0 Å². The number of hydrogen-bond donors (Lipinski definition) is 0. The SMILES string of the molecule is COc1ccc(-c2nc3c4c(ncn3n2)OC(C)=C(C(C)=O)[C@@H]4c2ccccc2)cc1. The minimum atomic E-state index is -0.341. The van der Waals surface area contributed by atoms with Gasteiger partial charge in [0.2, 0.25) is 5.88 Å². The lowest BCUT2D eigenvalue weighted by molar-refractivity contribution is -0.114. The van der Waals surface area contributed by atoms with E-state index in [1.165, 1.54) is 0 Å². The summed E-state index contributed by atoms with van der Waals surface area (Å²) in [5, 5.41) is 4.61. The molecule has 5 rings (SSSR count). The number of hydrogen-bond acceptors (Lipinski definition) is 6. The second-order valence-corrected chi connectivity index (χ2v) is 7.37. The molecule has 0 amide bonds. The predicted octanol–water partition coefficient (Wildman–Crippen LogP) is 4.19. The standard InChI is InChI=1S/C24H20N4O3/c1-14(29)19-15(2)31-24-21(20(19)16-7-5-4-6-8-16)23-26-22(27-28(23)13-25-24)17-9-11-18(30-3)12-10-17/h4-13,20H,1-3H3/t20-/m0/s1. The topological polar surface area (TPSA) is 78.6 Å². The van der Waals surface area contributed by atoms with Crippen LogP contribution in [0.5, 0.6) is 11.6 Å². The van der Waals surface area contributed by atoms with E-state index in [9.17, 15) is 4.79 Å². The molecule has 1 atom stereocenters. The minimum absolute atomic E-state index is 0.0473. The van der Waals surface area contributed by atoms with Crippen LogP contribution in [0, 0.1) is 0 Å². The van der Waals surface area contributed by atoms with Crippen molar-refractivity contribution >= 4 is 11.4 Å². The van der Waals surface area contributed by atoms with Gasteiger partial charge in [-0.1, -0.05) is 30.3 Å². The molecule has 0 radical (unpaired) electrons. The van der Waals surface area contributed by atoms with Gasteiger partial charge in [0.05, 0.1) is 12.7 Å². The lowest BCUT2D eigenvalue weighted by Crippen LogP contribution is -2.22. The summed E-state index contributed by atoms with van der Waals surface area (Å²) in [6, 6.07) is 17.4. The molecule has 7 heteroatoms. The molecule has 7 nitrogen and oxygen atoms in total. The average Bonchev–Trinajstić information content (AvgIpc) is 3.23. The Morgan fingerprint density at radius 3 is 2.52 bits per heavy atom. The second-order valence-electron chi connectivity index (χ2n) is 7.37. The first-order valence-electron chi connectivity index (χ1n) is 9.91. The Balaban J connectivity index is 1.73. The highest BCUT2D eigenvalue weighted by atomic mass is 16.5. The molecule has 1 aliphatic heterocycles. The van der Waals surface area contributed by atoms with Crippen molar-refractivity contribution in [1.29, 1.82) is 0 Å². The van der Waals surface area contributed by atoms with Crippen LogP contribution in [0.4, 0.5) is 0 Å². The van der Waals surface area contributed by atoms with Crippen molar-refractivity contribution in [3.05, 3.63) is 83.4 Å². The number of ether oxygens (including phenoxy) is 2. The highest BCUT2D eigenvalue weighted by molar-refractivity contribution is 5.97. The van der Waals surface area contributed by atoms with Gasteiger partial charge in [-0.15, -0.1) is 5.10 Å². The van der Waals surface area contributed by atoms with E-state index in [0.717, 1.165) is 22.4 Å². The maximum Gasteiger partial charge on any atom is 0.228 e. The molecule has 0 aliphatic carbocycles. The predicted molar refractivity (Wildman–Crippen MR) is 115 cm³/mol. The molecule has 0 fully saturated rings. The van der Waals surface area contributed by atoms with Crippen LogP contribution in [0.1, 0.15) is 30.9 Å². The molecule has 0 bridgehead atoms. The largest absolute Gasteiger partial charge is 0.497 e. The Morgan fingerprint density at radius 1 is 1.10 bits per heavy atom. The number of methoxy groups -OCH3 is 1. The Hall–Kier alpha value is -4.00. The molecule has 154 valence electrons. The second kappa shape index (κ2) is 7.36. The zero-order chi connectivity index (χ0) is 21.5. The normalized spacial score (nSPS) is 15.5. The summed E-state index contributed by atoms with van der Waals surface area (Å²) in [7, 11) is 1.63. The van der Waals surface area contributed by atoms with Crippen molar-refractivity contribution in [1.82, 2.24) is 19.6 Å². The Labute approximate surface area is 179 Å². The first-order valence-corrected chi connectivity index (χ1v) is 9.91. The number of allylic oxidation sites excluding steroid dienone is 2. The van der Waals surface area contributed by atoms with Crippen molar-refractivity contribution in [2.75, 3.05) is 7.11 Å². The van der Waals surface area contributed by atoms with Crippen LogP contribution >= 0.6 is 0 Å². The van der Waals surface area contributed by atoms with E-state index < -0.39 is 0 Å². The van der Waals surface area contributed by atoms with Gasteiger partial charge < -0.3 is 9.47 Å². The fourth-order valence-electron chi connectivity index (χ4n) is 4.03. The third kappa shape index (κ3) is 3.15. The molecular weight excluding hydrogens is 392 g/mol. The summed E-state index contributed by atoms with van der Waals surface area (Å²) in [5.74, 6) is 1.93. The number of aromatic nitrogens is 4. The van der Waals surface area contributed by atoms with Gasteiger partial charge >= 0.3 is 0 Å². The molecule has 4 aromatic rings. The molecule has 2 aromatic carbocycles. The molecule has 0 unspecified atom stereocenters. The number of carbonyl (C=O) groups excluding carboxylic acids is 1. The van der Waals surface area contributed by atoms with Crippen LogP contribution in [0.25, 0.3) is 17.0 Å². The van der Waals surface area contributed by atoms with Gasteiger partial charge in [0, 0.05) is 17.1 Å². The highest BCUT2D eigenvalue weighted by Crippen LogP contribution is 2.44. The van der Waals surface area contributed by atoms with Crippen LogP contribution in [-0.4, -0.2) is 32.5 Å². The number of nitrogens with zero attached hydrogens (tertiary/aromatic N) is 4. The molecule has 3 heterocycles. The fourth-order valence-corrected chi connectivity index (χ4v) is 4.03. The van der Waals surface area contributed by atoms with Crippen molar-refractivity contribution < 1.29 is 14.3 Å². The minimum Gasteiger partial charge on any atom is -0.497 e. The van der Waals surface area contributed by atoms with Gasteiger partial charge in [0.25, 0.3) is 0 Å². The molecule has 0 spiro atoms. The van der Waals surface area contributed by atoms with E-state index in [1.54, 1.807) is 31.8 Å². The number of fused-ring (bicyclic) bond motifs is 3. The van der Waals surface area contributed by atoms with Gasteiger partial charge in [-0.2, -0.15) is 0 Å². The van der Waals surface area contributed by atoms with Gasteiger partial charge in [-0.25, -0.2) is 14.5 Å². The summed E-state index contributed by atoms with van der Waals surface area (Å²) < 4.78 is 12.8. The summed E-state index contributed by atoms with van der Waals surface area (Å²) in [6.45, 7) is 3.36. The molecule has 31 heavy (non-hydrogen) atoms. The van der Waals surface area contributed by atoms with Crippen LogP contribution < -0.4 is 9.47 Å². The summed E-state index contributed by atoms with van der Waals surface area (Å²) >= 11 is 0.